The van der Waals surface area contributed by atoms with Gasteiger partial charge in [0.15, 0.2) is 0 Å². The van der Waals surface area contributed by atoms with Crippen molar-refractivity contribution in [2.45, 2.75) is 100 Å². The monoisotopic (exact) mass is 608 g/mol. The second-order valence-corrected chi connectivity index (χ2v) is 11.0. The van der Waals surface area contributed by atoms with Crippen LogP contribution in [0.3, 0.4) is 0 Å². The Morgan fingerprint density at radius 2 is 1.66 bits per heavy atom. The maximum Gasteiger partial charge on any atom is 0.328 e. The molecule has 6 nitrogen and oxygen atoms in total. The zero-order valence-electron chi connectivity index (χ0n) is 28.8. The van der Waals surface area contributed by atoms with Crippen LogP contribution < -0.4 is 5.32 Å². The SMILES string of the molecule is C/C=C\C.CC.CC(C)C.CCOC(=O)C1CCCN1C(=O)CNCCCC/C=C/c1cccc(-c2cccc(CO)c2)c1. The Hall–Kier alpha value is -3.22. The second-order valence-electron chi connectivity index (χ2n) is 11.0. The molecule has 0 saturated carbocycles. The summed E-state index contributed by atoms with van der Waals surface area (Å²) in [4.78, 5) is 26.1. The van der Waals surface area contributed by atoms with Gasteiger partial charge in [0.2, 0.25) is 5.91 Å². The highest BCUT2D eigenvalue weighted by Gasteiger charge is 2.34. The van der Waals surface area contributed by atoms with E-state index in [1.807, 2.05) is 58.0 Å². The summed E-state index contributed by atoms with van der Waals surface area (Å²) in [6.45, 7) is 18.3. The van der Waals surface area contributed by atoms with Crippen molar-refractivity contribution in [1.29, 1.82) is 0 Å². The topological polar surface area (TPSA) is 78.9 Å². The van der Waals surface area contributed by atoms with Crippen LogP contribution in [0.25, 0.3) is 17.2 Å². The van der Waals surface area contributed by atoms with Crippen LogP contribution in [0.2, 0.25) is 0 Å². The lowest BCUT2D eigenvalue weighted by molar-refractivity contribution is -0.152. The minimum atomic E-state index is -0.420. The Morgan fingerprint density at radius 1 is 1.02 bits per heavy atom. The van der Waals surface area contributed by atoms with Gasteiger partial charge < -0.3 is 20.1 Å². The number of benzene rings is 2. The average Bonchev–Trinajstić information content (AvgIpc) is 3.54. The maximum atomic E-state index is 12.5. The van der Waals surface area contributed by atoms with Gasteiger partial charge in [-0.3, -0.25) is 4.79 Å². The molecule has 1 unspecified atom stereocenters. The van der Waals surface area contributed by atoms with E-state index in [4.69, 9.17) is 4.74 Å². The lowest BCUT2D eigenvalue weighted by Crippen LogP contribution is -2.45. The quantitative estimate of drug-likeness (QED) is 0.144. The van der Waals surface area contributed by atoms with Gasteiger partial charge >= 0.3 is 5.97 Å². The molecule has 1 aliphatic heterocycles. The summed E-state index contributed by atoms with van der Waals surface area (Å²) in [6.07, 6.45) is 12.8. The molecule has 2 aromatic carbocycles. The van der Waals surface area contributed by atoms with E-state index in [2.05, 4.69) is 68.6 Å². The van der Waals surface area contributed by atoms with Crippen molar-refractivity contribution in [2.75, 3.05) is 26.2 Å². The third-order valence-electron chi connectivity index (χ3n) is 6.36. The molecule has 1 saturated heterocycles. The Labute approximate surface area is 268 Å². The Bertz CT molecular complexity index is 1090. The number of amides is 1. The van der Waals surface area contributed by atoms with E-state index < -0.39 is 6.04 Å². The molecule has 2 aromatic rings. The molecule has 1 aliphatic rings. The van der Waals surface area contributed by atoms with E-state index in [1.54, 1.807) is 11.8 Å². The molecule has 1 fully saturated rings. The molecule has 0 aromatic heterocycles. The third-order valence-corrected chi connectivity index (χ3v) is 6.36. The van der Waals surface area contributed by atoms with Crippen LogP contribution in [0.15, 0.2) is 66.8 Å². The molecule has 246 valence electrons. The predicted molar refractivity (Wildman–Crippen MR) is 187 cm³/mol. The van der Waals surface area contributed by atoms with Crippen LogP contribution in [-0.2, 0) is 20.9 Å². The predicted octanol–water partition coefficient (Wildman–Crippen LogP) is 8.44. The summed E-state index contributed by atoms with van der Waals surface area (Å²) < 4.78 is 5.09. The van der Waals surface area contributed by atoms with E-state index >= 15 is 0 Å². The molecule has 0 spiro atoms. The van der Waals surface area contributed by atoms with E-state index in [1.165, 1.54) is 0 Å². The minimum absolute atomic E-state index is 0.0279. The fraction of sp³-hybridized carbons (Fsp3) is 0.526. The second kappa shape index (κ2) is 26.2. The summed E-state index contributed by atoms with van der Waals surface area (Å²) in [5, 5.41) is 12.6. The molecule has 0 radical (unpaired) electrons. The number of unbranched alkanes of at least 4 members (excludes halogenated alkanes) is 2. The molecular formula is C38H60N2O4. The highest BCUT2D eigenvalue weighted by molar-refractivity contribution is 5.86. The molecule has 1 atom stereocenters. The van der Waals surface area contributed by atoms with Gasteiger partial charge in [-0.15, -0.1) is 0 Å². The lowest BCUT2D eigenvalue weighted by Gasteiger charge is -2.23. The Balaban J connectivity index is 0.00000162. The molecule has 0 aliphatic carbocycles. The first kappa shape index (κ1) is 40.8. The van der Waals surface area contributed by atoms with Crippen molar-refractivity contribution >= 4 is 18.0 Å². The van der Waals surface area contributed by atoms with Crippen molar-refractivity contribution in [3.8, 4) is 11.1 Å². The van der Waals surface area contributed by atoms with Crippen LogP contribution in [0, 0.1) is 5.92 Å². The van der Waals surface area contributed by atoms with Gasteiger partial charge in [-0.1, -0.05) is 95.3 Å². The highest BCUT2D eigenvalue weighted by Crippen LogP contribution is 2.22. The zero-order chi connectivity index (χ0) is 33.2. The Morgan fingerprint density at radius 3 is 2.27 bits per heavy atom. The minimum Gasteiger partial charge on any atom is -0.464 e. The summed E-state index contributed by atoms with van der Waals surface area (Å²) >= 11 is 0. The smallest absolute Gasteiger partial charge is 0.328 e. The standard InChI is InChI=1S/C28H36N2O4.C4H10.C4H8.C2H6/c1-2-34-28(33)26-15-9-17-30(26)27(32)20-29-16-6-4-3-5-10-22-11-7-13-24(18-22)25-14-8-12-23(19-25)21-31;1-4(2)3;1-3-4-2;1-2/h5,7-8,10-14,18-19,26,29,31H,2-4,6,9,15-17,20-21H2,1H3;4H,1-3H3;3-4H,1-2H3;1-2H3/b10-5+;;4-3-;. The van der Waals surface area contributed by atoms with Crippen molar-refractivity contribution in [3.63, 3.8) is 0 Å². The van der Waals surface area contributed by atoms with E-state index in [0.717, 1.165) is 60.4 Å². The van der Waals surface area contributed by atoms with Gasteiger partial charge in [0.05, 0.1) is 19.8 Å². The van der Waals surface area contributed by atoms with Crippen molar-refractivity contribution in [3.05, 3.63) is 77.9 Å². The number of hydrogen-bond acceptors (Lipinski definition) is 5. The number of rotatable bonds is 12. The molecule has 2 N–H and O–H groups in total. The van der Waals surface area contributed by atoms with Crippen LogP contribution in [0.5, 0.6) is 0 Å². The number of nitrogens with one attached hydrogen (secondary N) is 1. The number of likely N-dealkylation sites (tertiary alicyclic amines) is 1. The third kappa shape index (κ3) is 17.8. The molecule has 1 amide bonds. The van der Waals surface area contributed by atoms with Gasteiger partial charge in [0, 0.05) is 6.54 Å². The Kier molecular flexibility index (Phi) is 24.3. The van der Waals surface area contributed by atoms with Crippen LogP contribution >= 0.6 is 0 Å². The molecule has 1 heterocycles. The van der Waals surface area contributed by atoms with Crippen molar-refractivity contribution in [1.82, 2.24) is 10.2 Å². The first-order valence-electron chi connectivity index (χ1n) is 16.5. The van der Waals surface area contributed by atoms with E-state index in [-0.39, 0.29) is 25.0 Å². The van der Waals surface area contributed by atoms with Crippen molar-refractivity contribution in [2.24, 2.45) is 5.92 Å². The first-order valence-corrected chi connectivity index (χ1v) is 16.5. The fourth-order valence-corrected chi connectivity index (χ4v) is 4.25. The fourth-order valence-electron chi connectivity index (χ4n) is 4.25. The highest BCUT2D eigenvalue weighted by atomic mass is 16.5. The molecule has 6 heteroatoms. The average molecular weight is 609 g/mol. The number of ether oxygens (including phenoxy) is 1. The molecular weight excluding hydrogens is 548 g/mol. The van der Waals surface area contributed by atoms with Crippen LogP contribution in [-0.4, -0.2) is 54.2 Å². The normalized spacial score (nSPS) is 14.0. The van der Waals surface area contributed by atoms with E-state index in [0.29, 0.717) is 19.6 Å². The number of carbonyl (C=O) groups is 2. The van der Waals surface area contributed by atoms with E-state index in [9.17, 15) is 14.7 Å². The van der Waals surface area contributed by atoms with Crippen LogP contribution in [0.4, 0.5) is 0 Å². The van der Waals surface area contributed by atoms with Gasteiger partial charge in [-0.05, 0) is 99.7 Å². The summed E-state index contributed by atoms with van der Waals surface area (Å²) in [6, 6.07) is 15.9. The maximum absolute atomic E-state index is 12.5. The van der Waals surface area contributed by atoms with Gasteiger partial charge in [0.1, 0.15) is 6.04 Å². The summed E-state index contributed by atoms with van der Waals surface area (Å²) in [5.74, 6) is 0.518. The zero-order valence-corrected chi connectivity index (χ0v) is 28.8. The number of hydrogen-bond donors (Lipinski definition) is 2. The van der Waals surface area contributed by atoms with Gasteiger partial charge in [0.25, 0.3) is 0 Å². The van der Waals surface area contributed by atoms with Gasteiger partial charge in [-0.25, -0.2) is 4.79 Å². The number of allylic oxidation sites excluding steroid dienone is 3. The molecule has 0 bridgehead atoms. The summed E-state index contributed by atoms with van der Waals surface area (Å²) in [7, 11) is 0. The van der Waals surface area contributed by atoms with Gasteiger partial charge in [-0.2, -0.15) is 0 Å². The van der Waals surface area contributed by atoms with Crippen molar-refractivity contribution < 1.29 is 19.4 Å². The number of aliphatic hydroxyl groups is 1. The lowest BCUT2D eigenvalue weighted by atomic mass is 10.0. The number of aliphatic hydroxyl groups excluding tert-OH is 1. The number of nitrogens with zero attached hydrogens (tertiary/aromatic N) is 1. The molecule has 3 rings (SSSR count). The largest absolute Gasteiger partial charge is 0.464 e. The molecule has 44 heavy (non-hydrogen) atoms. The number of esters is 1. The van der Waals surface area contributed by atoms with Crippen LogP contribution in [0.1, 0.15) is 98.6 Å². The summed E-state index contributed by atoms with van der Waals surface area (Å²) in [5.41, 5.74) is 4.30. The number of carbonyl (C=O) groups excluding carboxylic acids is 2. The first-order chi connectivity index (χ1) is 21.3.